The van der Waals surface area contributed by atoms with E-state index >= 15 is 0 Å². The van der Waals surface area contributed by atoms with E-state index in [4.69, 9.17) is 27.9 Å². The molecular formula is C22H17Cl2N3O2. The van der Waals surface area contributed by atoms with Gasteiger partial charge in [-0.1, -0.05) is 59.6 Å². The molecule has 7 heteroatoms. The van der Waals surface area contributed by atoms with Crippen molar-refractivity contribution >= 4 is 40.3 Å². The number of nitrogens with one attached hydrogen (secondary N) is 2. The lowest BCUT2D eigenvalue weighted by Gasteiger charge is -2.06. The Labute approximate surface area is 177 Å². The molecule has 0 radical (unpaired) electrons. The van der Waals surface area contributed by atoms with Gasteiger partial charge in [0.2, 0.25) is 0 Å². The van der Waals surface area contributed by atoms with E-state index in [1.807, 2.05) is 30.3 Å². The van der Waals surface area contributed by atoms with Crippen LogP contribution in [0.15, 0.2) is 66.7 Å². The molecule has 0 aliphatic heterocycles. The zero-order valence-electron chi connectivity index (χ0n) is 15.3. The third-order valence-corrected chi connectivity index (χ3v) is 5.02. The molecule has 0 aliphatic rings. The molecule has 5 nitrogen and oxygen atoms in total. The topological polar surface area (TPSA) is 67.0 Å². The Morgan fingerprint density at radius 2 is 1.76 bits per heavy atom. The van der Waals surface area contributed by atoms with Gasteiger partial charge in [-0.15, -0.1) is 0 Å². The molecule has 4 rings (SSSR count). The van der Waals surface area contributed by atoms with Crippen molar-refractivity contribution < 1.29 is 9.53 Å². The SMILES string of the molecule is O=C(NCCc1ccccc1)Oc1ccc2nc(-c3c(Cl)cccc3Cl)[nH]c2c1. The molecule has 4 aromatic rings. The zero-order chi connectivity index (χ0) is 20.2. The Bertz CT molecular complexity index is 1140. The second-order valence-corrected chi connectivity index (χ2v) is 7.23. The zero-order valence-corrected chi connectivity index (χ0v) is 16.8. The number of rotatable bonds is 5. The van der Waals surface area contributed by atoms with E-state index < -0.39 is 6.09 Å². The van der Waals surface area contributed by atoms with Crippen molar-refractivity contribution in [1.29, 1.82) is 0 Å². The average Bonchev–Trinajstić information content (AvgIpc) is 3.11. The van der Waals surface area contributed by atoms with E-state index in [-0.39, 0.29) is 0 Å². The first kappa shape index (κ1) is 19.3. The number of fused-ring (bicyclic) bond motifs is 1. The smallest absolute Gasteiger partial charge is 0.410 e. The van der Waals surface area contributed by atoms with Crippen molar-refractivity contribution in [2.75, 3.05) is 6.54 Å². The Morgan fingerprint density at radius 1 is 1.00 bits per heavy atom. The number of nitrogens with zero attached hydrogens (tertiary/aromatic N) is 1. The maximum Gasteiger partial charge on any atom is 0.412 e. The van der Waals surface area contributed by atoms with Crippen molar-refractivity contribution in [2.24, 2.45) is 0 Å². The van der Waals surface area contributed by atoms with Gasteiger partial charge in [0, 0.05) is 12.6 Å². The molecule has 0 bridgehead atoms. The molecule has 1 aromatic heterocycles. The van der Waals surface area contributed by atoms with Gasteiger partial charge in [0.25, 0.3) is 0 Å². The van der Waals surface area contributed by atoms with Crippen LogP contribution in [0.5, 0.6) is 5.75 Å². The molecule has 0 atom stereocenters. The first-order valence-corrected chi connectivity index (χ1v) is 9.79. The Balaban J connectivity index is 1.44. The van der Waals surface area contributed by atoms with E-state index in [2.05, 4.69) is 15.3 Å². The number of carbonyl (C=O) groups excluding carboxylic acids is 1. The highest BCUT2D eigenvalue weighted by molar-refractivity contribution is 6.39. The molecular weight excluding hydrogens is 409 g/mol. The molecule has 146 valence electrons. The fourth-order valence-electron chi connectivity index (χ4n) is 2.99. The molecule has 1 amide bonds. The van der Waals surface area contributed by atoms with Gasteiger partial charge in [-0.2, -0.15) is 0 Å². The third kappa shape index (κ3) is 4.53. The monoisotopic (exact) mass is 425 g/mol. The normalized spacial score (nSPS) is 10.8. The van der Waals surface area contributed by atoms with Gasteiger partial charge in [0.15, 0.2) is 0 Å². The maximum atomic E-state index is 12.1. The summed E-state index contributed by atoms with van der Waals surface area (Å²) < 4.78 is 5.37. The summed E-state index contributed by atoms with van der Waals surface area (Å²) in [5.74, 6) is 0.968. The lowest BCUT2D eigenvalue weighted by atomic mass is 10.1. The number of hydrogen-bond acceptors (Lipinski definition) is 3. The van der Waals surface area contributed by atoms with Crippen LogP contribution in [0.1, 0.15) is 5.56 Å². The Morgan fingerprint density at radius 3 is 2.52 bits per heavy atom. The molecule has 0 saturated heterocycles. The van der Waals surface area contributed by atoms with Crippen molar-refractivity contribution in [2.45, 2.75) is 6.42 Å². The van der Waals surface area contributed by atoms with Crippen molar-refractivity contribution in [3.8, 4) is 17.1 Å². The summed E-state index contributed by atoms with van der Waals surface area (Å²) in [6, 6.07) is 20.4. The number of aromatic amines is 1. The lowest BCUT2D eigenvalue weighted by molar-refractivity contribution is 0.200. The van der Waals surface area contributed by atoms with Crippen molar-refractivity contribution in [3.05, 3.63) is 82.3 Å². The Hall–Kier alpha value is -3.02. The predicted molar refractivity (Wildman–Crippen MR) is 116 cm³/mol. The highest BCUT2D eigenvalue weighted by atomic mass is 35.5. The number of amides is 1. The lowest BCUT2D eigenvalue weighted by Crippen LogP contribution is -2.28. The highest BCUT2D eigenvalue weighted by Crippen LogP contribution is 2.34. The molecule has 2 N–H and O–H groups in total. The molecule has 0 spiro atoms. The standard InChI is InChI=1S/C22H17Cl2N3O2/c23-16-7-4-8-17(24)20(16)21-26-18-10-9-15(13-19(18)27-21)29-22(28)25-12-11-14-5-2-1-3-6-14/h1-10,13H,11-12H2,(H,25,28)(H,26,27). The minimum atomic E-state index is -0.505. The molecule has 0 saturated carbocycles. The molecule has 1 heterocycles. The number of carbonyl (C=O) groups is 1. The number of halogens is 2. The van der Waals surface area contributed by atoms with E-state index in [1.165, 1.54) is 0 Å². The predicted octanol–water partition coefficient (Wildman–Crippen LogP) is 5.87. The molecule has 29 heavy (non-hydrogen) atoms. The van der Waals surface area contributed by atoms with Gasteiger partial charge in [0.1, 0.15) is 11.6 Å². The van der Waals surface area contributed by atoms with Crippen LogP contribution in [0.3, 0.4) is 0 Å². The number of benzene rings is 3. The highest BCUT2D eigenvalue weighted by Gasteiger charge is 2.13. The van der Waals surface area contributed by atoms with Crippen LogP contribution < -0.4 is 10.1 Å². The fraction of sp³-hybridized carbons (Fsp3) is 0.0909. The molecule has 0 aliphatic carbocycles. The number of hydrogen-bond donors (Lipinski definition) is 2. The second kappa shape index (κ2) is 8.55. The van der Waals surface area contributed by atoms with Gasteiger partial charge >= 0.3 is 6.09 Å². The van der Waals surface area contributed by atoms with Crippen LogP contribution in [-0.4, -0.2) is 22.6 Å². The van der Waals surface area contributed by atoms with Crippen molar-refractivity contribution in [3.63, 3.8) is 0 Å². The van der Waals surface area contributed by atoms with E-state index in [0.29, 0.717) is 44.8 Å². The van der Waals surface area contributed by atoms with Gasteiger partial charge in [-0.3, -0.25) is 0 Å². The number of ether oxygens (including phenoxy) is 1. The van der Waals surface area contributed by atoms with Gasteiger partial charge in [0.05, 0.1) is 26.6 Å². The van der Waals surface area contributed by atoms with Crippen LogP contribution in [0.4, 0.5) is 4.79 Å². The average molecular weight is 426 g/mol. The third-order valence-electron chi connectivity index (χ3n) is 4.39. The summed E-state index contributed by atoms with van der Waals surface area (Å²) in [4.78, 5) is 19.8. The van der Waals surface area contributed by atoms with Crippen molar-refractivity contribution in [1.82, 2.24) is 15.3 Å². The largest absolute Gasteiger partial charge is 0.412 e. The fourth-order valence-corrected chi connectivity index (χ4v) is 3.57. The minimum absolute atomic E-state index is 0.412. The first-order chi connectivity index (χ1) is 14.1. The van der Waals surface area contributed by atoms with Crippen LogP contribution in [0.25, 0.3) is 22.4 Å². The summed E-state index contributed by atoms with van der Waals surface area (Å²) >= 11 is 12.5. The summed E-state index contributed by atoms with van der Waals surface area (Å²) in [6.45, 7) is 0.490. The van der Waals surface area contributed by atoms with Gasteiger partial charge < -0.3 is 15.0 Å². The van der Waals surface area contributed by atoms with E-state index in [9.17, 15) is 4.79 Å². The van der Waals surface area contributed by atoms with E-state index in [0.717, 1.165) is 12.0 Å². The molecule has 0 fully saturated rings. The quantitative estimate of drug-likeness (QED) is 0.420. The van der Waals surface area contributed by atoms with E-state index in [1.54, 1.807) is 36.4 Å². The first-order valence-electron chi connectivity index (χ1n) is 9.04. The minimum Gasteiger partial charge on any atom is -0.410 e. The summed E-state index contributed by atoms with van der Waals surface area (Å²) in [5, 5.41) is 3.76. The number of aromatic nitrogens is 2. The summed E-state index contributed by atoms with van der Waals surface area (Å²) in [5.41, 5.74) is 3.21. The van der Waals surface area contributed by atoms with Gasteiger partial charge in [-0.25, -0.2) is 9.78 Å². The Kier molecular flexibility index (Phi) is 5.69. The summed E-state index contributed by atoms with van der Waals surface area (Å²) in [6.07, 6.45) is 0.228. The second-order valence-electron chi connectivity index (χ2n) is 6.41. The number of H-pyrrole nitrogens is 1. The van der Waals surface area contributed by atoms with Crippen LogP contribution in [-0.2, 0) is 6.42 Å². The van der Waals surface area contributed by atoms with Crippen LogP contribution in [0, 0.1) is 0 Å². The molecule has 3 aromatic carbocycles. The van der Waals surface area contributed by atoms with Gasteiger partial charge in [-0.05, 0) is 36.2 Å². The number of imidazole rings is 1. The van der Waals surface area contributed by atoms with Crippen LogP contribution in [0.2, 0.25) is 10.0 Å². The maximum absolute atomic E-state index is 12.1. The molecule has 0 unspecified atom stereocenters. The van der Waals surface area contributed by atoms with Crippen LogP contribution >= 0.6 is 23.2 Å². The summed E-state index contributed by atoms with van der Waals surface area (Å²) in [7, 11) is 0.